The summed E-state index contributed by atoms with van der Waals surface area (Å²) in [7, 11) is 0. The normalized spacial score (nSPS) is 22.6. The van der Waals surface area contributed by atoms with E-state index in [0.717, 1.165) is 57.6 Å². The maximum atomic E-state index is 12.9. The van der Waals surface area contributed by atoms with Gasteiger partial charge in [-0.3, -0.25) is 14.2 Å². The molecule has 1 aromatic heterocycles. The second-order valence-electron chi connectivity index (χ2n) is 8.51. The number of aromatic nitrogens is 2. The van der Waals surface area contributed by atoms with E-state index in [1.54, 1.807) is 16.7 Å². The molecule has 1 fully saturated rings. The number of nitrogens with zero attached hydrogens (tertiary/aromatic N) is 3. The van der Waals surface area contributed by atoms with Crippen LogP contribution in [0.15, 0.2) is 23.0 Å². The first kappa shape index (κ1) is 19.0. The van der Waals surface area contributed by atoms with Crippen LogP contribution >= 0.6 is 0 Å². The number of hydrogen-bond acceptors (Lipinski definition) is 4. The van der Waals surface area contributed by atoms with E-state index in [0.29, 0.717) is 28.5 Å². The van der Waals surface area contributed by atoms with Gasteiger partial charge in [-0.2, -0.15) is 0 Å². The summed E-state index contributed by atoms with van der Waals surface area (Å²) in [5, 5.41) is 0.566. The molecule has 2 aromatic rings. The number of fused-ring (bicyclic) bond motifs is 2. The third-order valence-electron chi connectivity index (χ3n) is 5.87. The van der Waals surface area contributed by atoms with Gasteiger partial charge in [-0.25, -0.2) is 4.98 Å². The standard InChI is InChI=1S/C22H29N3O3/c1-15-10-16(2)13-24(12-15)21(26)14-28-17-7-8-19-18(11-17)22(27)25-9-5-3-4-6-20(25)23-19/h7-8,11,15-16H,3-6,9-10,12-14H2,1-2H3/t15-,16+. The van der Waals surface area contributed by atoms with Gasteiger partial charge in [0.25, 0.3) is 11.5 Å². The molecule has 0 N–H and O–H groups in total. The van der Waals surface area contributed by atoms with Crippen LogP contribution in [0.1, 0.15) is 45.4 Å². The Bertz CT molecular complexity index is 927. The molecule has 1 saturated heterocycles. The molecule has 3 heterocycles. The van der Waals surface area contributed by atoms with E-state index in [-0.39, 0.29) is 18.1 Å². The Morgan fingerprint density at radius 1 is 1.18 bits per heavy atom. The number of carbonyl (C=O) groups is 1. The SMILES string of the molecule is C[C@@H]1C[C@H](C)CN(C(=O)COc2ccc3nc4n(c(=O)c3c2)CCCCC4)C1. The third kappa shape index (κ3) is 3.91. The van der Waals surface area contributed by atoms with Gasteiger partial charge in [0.1, 0.15) is 11.6 Å². The van der Waals surface area contributed by atoms with E-state index >= 15 is 0 Å². The third-order valence-corrected chi connectivity index (χ3v) is 5.87. The highest BCUT2D eigenvalue weighted by atomic mass is 16.5. The summed E-state index contributed by atoms with van der Waals surface area (Å²) in [6, 6.07) is 5.36. The van der Waals surface area contributed by atoms with Gasteiger partial charge in [-0.15, -0.1) is 0 Å². The van der Waals surface area contributed by atoms with Gasteiger partial charge in [0, 0.05) is 26.1 Å². The lowest BCUT2D eigenvalue weighted by molar-refractivity contribution is -0.136. The predicted octanol–water partition coefficient (Wildman–Crippen LogP) is 3.01. The van der Waals surface area contributed by atoms with Gasteiger partial charge in [0.2, 0.25) is 0 Å². The molecule has 4 rings (SSSR count). The van der Waals surface area contributed by atoms with Gasteiger partial charge in [-0.1, -0.05) is 20.3 Å². The van der Waals surface area contributed by atoms with Gasteiger partial charge in [0.05, 0.1) is 10.9 Å². The topological polar surface area (TPSA) is 64.4 Å². The molecular weight excluding hydrogens is 354 g/mol. The Morgan fingerprint density at radius 3 is 2.75 bits per heavy atom. The number of hydrogen-bond donors (Lipinski definition) is 0. The summed E-state index contributed by atoms with van der Waals surface area (Å²) in [5.41, 5.74) is 0.702. The smallest absolute Gasteiger partial charge is 0.261 e. The molecule has 1 aromatic carbocycles. The second kappa shape index (κ2) is 7.94. The molecule has 150 valence electrons. The minimum Gasteiger partial charge on any atom is -0.484 e. The molecule has 0 aliphatic carbocycles. The predicted molar refractivity (Wildman–Crippen MR) is 109 cm³/mol. The molecule has 2 atom stereocenters. The maximum Gasteiger partial charge on any atom is 0.261 e. The number of ether oxygens (including phenoxy) is 1. The largest absolute Gasteiger partial charge is 0.484 e. The zero-order valence-corrected chi connectivity index (χ0v) is 16.8. The fraction of sp³-hybridized carbons (Fsp3) is 0.591. The molecule has 0 unspecified atom stereocenters. The van der Waals surface area contributed by atoms with E-state index in [2.05, 4.69) is 13.8 Å². The molecule has 0 radical (unpaired) electrons. The van der Waals surface area contributed by atoms with Gasteiger partial charge < -0.3 is 9.64 Å². The van der Waals surface area contributed by atoms with Crippen molar-refractivity contribution in [2.75, 3.05) is 19.7 Å². The van der Waals surface area contributed by atoms with Crippen molar-refractivity contribution in [2.45, 2.75) is 52.5 Å². The molecule has 6 nitrogen and oxygen atoms in total. The first-order valence-electron chi connectivity index (χ1n) is 10.5. The molecule has 1 amide bonds. The zero-order chi connectivity index (χ0) is 19.7. The molecule has 2 aliphatic rings. The number of piperidine rings is 1. The fourth-order valence-electron chi connectivity index (χ4n) is 4.59. The monoisotopic (exact) mass is 383 g/mol. The summed E-state index contributed by atoms with van der Waals surface area (Å²) in [6.07, 6.45) is 5.23. The highest BCUT2D eigenvalue weighted by molar-refractivity contribution is 5.80. The van der Waals surface area contributed by atoms with E-state index in [1.807, 2.05) is 11.0 Å². The van der Waals surface area contributed by atoms with Crippen LogP contribution in [0.3, 0.4) is 0 Å². The lowest BCUT2D eigenvalue weighted by atomic mass is 9.92. The molecular formula is C22H29N3O3. The summed E-state index contributed by atoms with van der Waals surface area (Å²) in [5.74, 6) is 2.49. The van der Waals surface area contributed by atoms with Crippen LogP contribution in [0.4, 0.5) is 0 Å². The lowest BCUT2D eigenvalue weighted by Crippen LogP contribution is -2.44. The Balaban J connectivity index is 1.51. The number of benzene rings is 1. The van der Waals surface area contributed by atoms with E-state index in [9.17, 15) is 9.59 Å². The van der Waals surface area contributed by atoms with Crippen LogP contribution in [-0.4, -0.2) is 40.1 Å². The molecule has 2 aliphatic heterocycles. The van der Waals surface area contributed by atoms with Crippen LogP contribution < -0.4 is 10.3 Å². The summed E-state index contributed by atoms with van der Waals surface area (Å²) in [4.78, 5) is 32.1. The van der Waals surface area contributed by atoms with E-state index < -0.39 is 0 Å². The Labute approximate surface area is 165 Å². The van der Waals surface area contributed by atoms with Crippen molar-refractivity contribution >= 4 is 16.8 Å². The second-order valence-corrected chi connectivity index (χ2v) is 8.51. The van der Waals surface area contributed by atoms with Gasteiger partial charge in [0.15, 0.2) is 6.61 Å². The van der Waals surface area contributed by atoms with Crippen LogP contribution in [0.2, 0.25) is 0 Å². The fourth-order valence-corrected chi connectivity index (χ4v) is 4.59. The Kier molecular flexibility index (Phi) is 5.38. The van der Waals surface area contributed by atoms with Crippen molar-refractivity contribution in [1.82, 2.24) is 14.5 Å². The van der Waals surface area contributed by atoms with Crippen LogP contribution in [0.5, 0.6) is 5.75 Å². The van der Waals surface area contributed by atoms with Crippen LogP contribution in [-0.2, 0) is 17.8 Å². The number of carbonyl (C=O) groups excluding carboxylic acids is 1. The first-order valence-corrected chi connectivity index (χ1v) is 10.5. The van der Waals surface area contributed by atoms with E-state index in [1.165, 1.54) is 0 Å². The maximum absolute atomic E-state index is 12.9. The van der Waals surface area contributed by atoms with Crippen LogP contribution in [0.25, 0.3) is 10.9 Å². The summed E-state index contributed by atoms with van der Waals surface area (Å²) >= 11 is 0. The lowest BCUT2D eigenvalue weighted by Gasteiger charge is -2.34. The van der Waals surface area contributed by atoms with Gasteiger partial charge in [-0.05, 0) is 49.3 Å². The van der Waals surface area contributed by atoms with Crippen molar-refractivity contribution in [1.29, 1.82) is 0 Å². The average Bonchev–Trinajstić information content (AvgIpc) is 2.91. The molecule has 28 heavy (non-hydrogen) atoms. The van der Waals surface area contributed by atoms with Crippen molar-refractivity contribution < 1.29 is 9.53 Å². The van der Waals surface area contributed by atoms with E-state index in [4.69, 9.17) is 9.72 Å². The van der Waals surface area contributed by atoms with Crippen molar-refractivity contribution in [2.24, 2.45) is 11.8 Å². The zero-order valence-electron chi connectivity index (χ0n) is 16.8. The molecule has 0 saturated carbocycles. The number of likely N-dealkylation sites (tertiary alicyclic amines) is 1. The van der Waals surface area contributed by atoms with Crippen LogP contribution in [0, 0.1) is 11.8 Å². The number of aryl methyl sites for hydroxylation is 1. The minimum absolute atomic E-state index is 0.00245. The van der Waals surface area contributed by atoms with Crippen molar-refractivity contribution in [3.8, 4) is 5.75 Å². The average molecular weight is 383 g/mol. The summed E-state index contributed by atoms with van der Waals surface area (Å²) < 4.78 is 7.56. The quantitative estimate of drug-likeness (QED) is 0.817. The first-order chi connectivity index (χ1) is 13.5. The van der Waals surface area contributed by atoms with Crippen molar-refractivity contribution in [3.05, 3.63) is 34.4 Å². The van der Waals surface area contributed by atoms with Crippen molar-refractivity contribution in [3.63, 3.8) is 0 Å². The molecule has 6 heteroatoms. The molecule has 0 bridgehead atoms. The Hall–Kier alpha value is -2.37. The summed E-state index contributed by atoms with van der Waals surface area (Å²) in [6.45, 7) is 6.69. The Morgan fingerprint density at radius 2 is 1.96 bits per heavy atom. The number of rotatable bonds is 3. The molecule has 0 spiro atoms. The highest BCUT2D eigenvalue weighted by Gasteiger charge is 2.25. The van der Waals surface area contributed by atoms with Gasteiger partial charge >= 0.3 is 0 Å². The number of amides is 1. The highest BCUT2D eigenvalue weighted by Crippen LogP contribution is 2.22. The minimum atomic E-state index is -0.00245.